The number of rotatable bonds is 3. The minimum absolute atomic E-state index is 0.0584. The van der Waals surface area contributed by atoms with Gasteiger partial charge < -0.3 is 4.90 Å². The summed E-state index contributed by atoms with van der Waals surface area (Å²) in [6.07, 6.45) is 7.19. The lowest BCUT2D eigenvalue weighted by molar-refractivity contribution is -0.105. The van der Waals surface area contributed by atoms with Crippen molar-refractivity contribution in [1.29, 1.82) is 0 Å². The zero-order valence-electron chi connectivity index (χ0n) is 14.3. The standard InChI is InChI=1S/C20H19N5O/c26-19(17-16(22-24-23-17)14-5-2-1-3-6-14)25-13-20(9-4-10-20)18(25)15-7-11-21-12-8-15/h1-3,5-8,11-12,18H,4,9-10,13H2,(H,22,23,24). The van der Waals surface area contributed by atoms with Gasteiger partial charge in [-0.3, -0.25) is 9.78 Å². The van der Waals surface area contributed by atoms with Gasteiger partial charge in [-0.1, -0.05) is 36.8 Å². The number of aromatic nitrogens is 4. The highest BCUT2D eigenvalue weighted by Gasteiger charge is 2.58. The molecule has 1 saturated carbocycles. The van der Waals surface area contributed by atoms with E-state index in [1.165, 1.54) is 19.3 Å². The fraction of sp³-hybridized carbons (Fsp3) is 0.300. The SMILES string of the molecule is O=C(c1n[nH]nc1-c1ccccc1)N1CC2(CCC2)C1c1ccncc1. The molecule has 1 saturated heterocycles. The molecule has 0 radical (unpaired) electrons. The number of nitrogens with one attached hydrogen (secondary N) is 1. The van der Waals surface area contributed by atoms with Crippen molar-refractivity contribution in [2.45, 2.75) is 25.3 Å². The summed E-state index contributed by atoms with van der Waals surface area (Å²) in [5, 5.41) is 11.0. The molecule has 2 aromatic heterocycles. The zero-order valence-corrected chi connectivity index (χ0v) is 14.3. The normalized spacial score (nSPS) is 20.5. The molecule has 2 aliphatic rings. The number of carbonyl (C=O) groups is 1. The Morgan fingerprint density at radius 3 is 2.54 bits per heavy atom. The molecule has 1 atom stereocenters. The molecule has 1 N–H and O–H groups in total. The smallest absolute Gasteiger partial charge is 0.277 e. The van der Waals surface area contributed by atoms with Crippen LogP contribution >= 0.6 is 0 Å². The van der Waals surface area contributed by atoms with Crippen molar-refractivity contribution in [2.75, 3.05) is 6.54 Å². The second kappa shape index (κ2) is 5.76. The number of amides is 1. The predicted molar refractivity (Wildman–Crippen MR) is 96.1 cm³/mol. The summed E-state index contributed by atoms with van der Waals surface area (Å²) in [6, 6.07) is 13.8. The van der Waals surface area contributed by atoms with Crippen LogP contribution in [-0.2, 0) is 0 Å². The zero-order chi connectivity index (χ0) is 17.6. The molecule has 1 unspecified atom stereocenters. The maximum absolute atomic E-state index is 13.3. The lowest BCUT2D eigenvalue weighted by Crippen LogP contribution is -2.63. The van der Waals surface area contributed by atoms with Crippen molar-refractivity contribution in [3.05, 3.63) is 66.1 Å². The molecule has 26 heavy (non-hydrogen) atoms. The molecule has 2 fully saturated rings. The Bertz CT molecular complexity index is 933. The van der Waals surface area contributed by atoms with Gasteiger partial charge in [0, 0.05) is 29.9 Å². The quantitative estimate of drug-likeness (QED) is 0.791. The number of hydrogen-bond donors (Lipinski definition) is 1. The largest absolute Gasteiger partial charge is 0.329 e. The van der Waals surface area contributed by atoms with Crippen LogP contribution in [-0.4, -0.2) is 37.7 Å². The molecular weight excluding hydrogens is 326 g/mol. The number of pyridine rings is 1. The van der Waals surface area contributed by atoms with Crippen molar-refractivity contribution in [1.82, 2.24) is 25.3 Å². The molecule has 0 bridgehead atoms. The van der Waals surface area contributed by atoms with Crippen molar-refractivity contribution in [2.24, 2.45) is 5.41 Å². The first kappa shape index (κ1) is 15.3. The Morgan fingerprint density at radius 2 is 1.85 bits per heavy atom. The number of nitrogens with zero attached hydrogens (tertiary/aromatic N) is 4. The Labute approximate surface area is 151 Å². The van der Waals surface area contributed by atoms with E-state index in [0.29, 0.717) is 11.4 Å². The Hall–Kier alpha value is -3.02. The summed E-state index contributed by atoms with van der Waals surface area (Å²) in [6.45, 7) is 0.792. The number of carbonyl (C=O) groups excluding carboxylic acids is 1. The highest BCUT2D eigenvalue weighted by molar-refractivity contribution is 5.98. The van der Waals surface area contributed by atoms with Crippen molar-refractivity contribution in [3.63, 3.8) is 0 Å². The summed E-state index contributed by atoms with van der Waals surface area (Å²) in [4.78, 5) is 19.3. The van der Waals surface area contributed by atoms with Gasteiger partial charge in [0.2, 0.25) is 0 Å². The van der Waals surface area contributed by atoms with E-state index in [1.54, 1.807) is 12.4 Å². The second-order valence-corrected chi connectivity index (χ2v) is 7.22. The minimum atomic E-state index is -0.0584. The summed E-state index contributed by atoms with van der Waals surface area (Å²) in [7, 11) is 0. The van der Waals surface area contributed by atoms with Gasteiger partial charge in [-0.15, -0.1) is 0 Å². The predicted octanol–water partition coefficient (Wildman–Crippen LogP) is 3.23. The van der Waals surface area contributed by atoms with Crippen LogP contribution in [0.25, 0.3) is 11.3 Å². The molecule has 1 aliphatic heterocycles. The van der Waals surface area contributed by atoms with Gasteiger partial charge in [-0.25, -0.2) is 0 Å². The fourth-order valence-corrected chi connectivity index (χ4v) is 4.38. The van der Waals surface area contributed by atoms with Gasteiger partial charge in [-0.05, 0) is 30.5 Å². The summed E-state index contributed by atoms with van der Waals surface area (Å²) < 4.78 is 0. The average Bonchev–Trinajstić information content (AvgIpc) is 3.11. The fourth-order valence-electron chi connectivity index (χ4n) is 4.38. The third-order valence-electron chi connectivity index (χ3n) is 5.81. The lowest BCUT2D eigenvalue weighted by atomic mass is 9.56. The molecule has 1 aliphatic carbocycles. The lowest BCUT2D eigenvalue weighted by Gasteiger charge is -2.62. The van der Waals surface area contributed by atoms with E-state index in [2.05, 4.69) is 20.4 Å². The molecule has 1 aromatic carbocycles. The Morgan fingerprint density at radius 1 is 1.08 bits per heavy atom. The first-order valence-corrected chi connectivity index (χ1v) is 8.96. The Balaban J connectivity index is 1.49. The molecule has 3 aromatic rings. The molecule has 5 rings (SSSR count). The van der Waals surface area contributed by atoms with Crippen molar-refractivity contribution < 1.29 is 4.79 Å². The molecule has 3 heterocycles. The van der Waals surface area contributed by atoms with E-state index in [0.717, 1.165) is 17.7 Å². The molecule has 1 amide bonds. The van der Waals surface area contributed by atoms with E-state index in [1.807, 2.05) is 47.4 Å². The number of benzene rings is 1. The van der Waals surface area contributed by atoms with Crippen LogP contribution in [0.15, 0.2) is 54.9 Å². The van der Waals surface area contributed by atoms with Gasteiger partial charge in [0.1, 0.15) is 5.69 Å². The van der Waals surface area contributed by atoms with Crippen LogP contribution < -0.4 is 0 Å². The van der Waals surface area contributed by atoms with Crippen molar-refractivity contribution in [3.8, 4) is 11.3 Å². The molecular formula is C20H19N5O. The third kappa shape index (κ3) is 2.18. The van der Waals surface area contributed by atoms with E-state index >= 15 is 0 Å². The average molecular weight is 345 g/mol. The number of likely N-dealkylation sites (tertiary alicyclic amines) is 1. The summed E-state index contributed by atoms with van der Waals surface area (Å²) >= 11 is 0. The van der Waals surface area contributed by atoms with E-state index in [9.17, 15) is 4.79 Å². The summed E-state index contributed by atoms with van der Waals surface area (Å²) in [5.74, 6) is -0.0584. The maximum atomic E-state index is 13.3. The van der Waals surface area contributed by atoms with Gasteiger partial charge in [0.15, 0.2) is 5.69 Å². The van der Waals surface area contributed by atoms with E-state index < -0.39 is 0 Å². The van der Waals surface area contributed by atoms with Crippen LogP contribution in [0.5, 0.6) is 0 Å². The molecule has 6 heteroatoms. The first-order valence-electron chi connectivity index (χ1n) is 8.96. The second-order valence-electron chi connectivity index (χ2n) is 7.22. The highest BCUT2D eigenvalue weighted by Crippen LogP contribution is 2.60. The first-order chi connectivity index (χ1) is 12.8. The monoisotopic (exact) mass is 345 g/mol. The van der Waals surface area contributed by atoms with Gasteiger partial charge in [0.05, 0.1) is 6.04 Å². The van der Waals surface area contributed by atoms with Crippen LogP contribution in [0.4, 0.5) is 0 Å². The maximum Gasteiger partial charge on any atom is 0.277 e. The molecule has 6 nitrogen and oxygen atoms in total. The number of hydrogen-bond acceptors (Lipinski definition) is 4. The minimum Gasteiger partial charge on any atom is -0.329 e. The van der Waals surface area contributed by atoms with Crippen molar-refractivity contribution >= 4 is 5.91 Å². The van der Waals surface area contributed by atoms with Gasteiger partial charge in [-0.2, -0.15) is 15.4 Å². The highest BCUT2D eigenvalue weighted by atomic mass is 16.2. The number of H-pyrrole nitrogens is 1. The van der Waals surface area contributed by atoms with Crippen LogP contribution in [0.1, 0.15) is 41.4 Å². The number of aromatic amines is 1. The topological polar surface area (TPSA) is 74.8 Å². The van der Waals surface area contributed by atoms with E-state index in [4.69, 9.17) is 0 Å². The van der Waals surface area contributed by atoms with Crippen LogP contribution in [0.2, 0.25) is 0 Å². The Kier molecular flexibility index (Phi) is 3.38. The van der Waals surface area contributed by atoms with Gasteiger partial charge in [0.25, 0.3) is 5.91 Å². The van der Waals surface area contributed by atoms with Crippen LogP contribution in [0.3, 0.4) is 0 Å². The molecule has 1 spiro atoms. The van der Waals surface area contributed by atoms with Gasteiger partial charge >= 0.3 is 0 Å². The summed E-state index contributed by atoms with van der Waals surface area (Å²) in [5.41, 5.74) is 3.28. The van der Waals surface area contributed by atoms with Crippen LogP contribution in [0, 0.1) is 5.41 Å². The molecule has 130 valence electrons. The third-order valence-corrected chi connectivity index (χ3v) is 5.81. The van der Waals surface area contributed by atoms with E-state index in [-0.39, 0.29) is 17.4 Å².